The summed E-state index contributed by atoms with van der Waals surface area (Å²) in [5, 5.41) is 4.15. The molecule has 0 amide bonds. The van der Waals surface area contributed by atoms with Crippen LogP contribution in [0, 0.1) is 0 Å². The molecule has 32 heavy (non-hydrogen) atoms. The number of nitrogens with one attached hydrogen (secondary N) is 1. The van der Waals surface area contributed by atoms with Crippen molar-refractivity contribution in [3.63, 3.8) is 0 Å². The minimum atomic E-state index is 0.748. The predicted molar refractivity (Wildman–Crippen MR) is 135 cm³/mol. The highest BCUT2D eigenvalue weighted by atomic mass is 35.5. The van der Waals surface area contributed by atoms with Gasteiger partial charge in [-0.25, -0.2) is 0 Å². The first-order valence-corrected chi connectivity index (χ1v) is 11.9. The second kappa shape index (κ2) is 11.9. The molecule has 1 N–H and O–H groups in total. The molecule has 1 saturated heterocycles. The van der Waals surface area contributed by atoms with Crippen molar-refractivity contribution >= 4 is 22.2 Å². The van der Waals surface area contributed by atoms with E-state index in [9.17, 15) is 0 Å². The van der Waals surface area contributed by atoms with Crippen LogP contribution in [0.3, 0.4) is 0 Å². The molecule has 1 aliphatic heterocycles. The van der Waals surface area contributed by atoms with Crippen LogP contribution in [-0.4, -0.2) is 44.2 Å². The first-order chi connectivity index (χ1) is 15.8. The highest BCUT2D eigenvalue weighted by molar-refractivity contribution is 6.53. The van der Waals surface area contributed by atoms with Crippen LogP contribution in [0.4, 0.5) is 0 Å². The Bertz CT molecular complexity index is 981. The second-order valence-corrected chi connectivity index (χ2v) is 8.47. The summed E-state index contributed by atoms with van der Waals surface area (Å²) < 4.78 is 6.00. The van der Waals surface area contributed by atoms with E-state index in [1.54, 1.807) is 0 Å². The van der Waals surface area contributed by atoms with Gasteiger partial charge in [0.2, 0.25) is 0 Å². The summed E-state index contributed by atoms with van der Waals surface area (Å²) in [6.45, 7) is 6.44. The SMILES string of the molecule is ClC(=C(c1ccccc1)c1ccc(OCCCCN2CCNCC2)cc1)c1ccccc1. The van der Waals surface area contributed by atoms with Gasteiger partial charge in [-0.15, -0.1) is 0 Å². The first kappa shape index (κ1) is 22.6. The van der Waals surface area contributed by atoms with E-state index in [0.29, 0.717) is 0 Å². The number of rotatable bonds is 9. The largest absolute Gasteiger partial charge is 0.494 e. The molecule has 4 rings (SSSR count). The molecule has 3 nitrogen and oxygen atoms in total. The molecule has 0 atom stereocenters. The third-order valence-corrected chi connectivity index (χ3v) is 6.21. The molecule has 0 bridgehead atoms. The molecule has 0 spiro atoms. The zero-order valence-electron chi connectivity index (χ0n) is 18.5. The molecule has 1 fully saturated rings. The van der Waals surface area contributed by atoms with Crippen molar-refractivity contribution in [3.05, 3.63) is 102 Å². The summed E-state index contributed by atoms with van der Waals surface area (Å²) in [7, 11) is 0. The molecule has 0 aromatic heterocycles. The van der Waals surface area contributed by atoms with Gasteiger partial charge in [-0.1, -0.05) is 84.4 Å². The maximum atomic E-state index is 6.90. The van der Waals surface area contributed by atoms with Gasteiger partial charge in [-0.3, -0.25) is 0 Å². The van der Waals surface area contributed by atoms with Gasteiger partial charge in [0.1, 0.15) is 5.75 Å². The smallest absolute Gasteiger partial charge is 0.119 e. The van der Waals surface area contributed by atoms with E-state index in [0.717, 1.165) is 78.8 Å². The number of piperazine rings is 1. The van der Waals surface area contributed by atoms with E-state index in [1.807, 2.05) is 60.7 Å². The molecular weight excluding hydrogens is 416 g/mol. The first-order valence-electron chi connectivity index (χ1n) is 11.5. The van der Waals surface area contributed by atoms with Crippen molar-refractivity contribution in [1.82, 2.24) is 10.2 Å². The molecule has 0 unspecified atom stereocenters. The Morgan fingerprint density at radius 3 is 2.00 bits per heavy atom. The molecule has 0 aliphatic carbocycles. The normalized spacial score (nSPS) is 15.3. The van der Waals surface area contributed by atoms with E-state index >= 15 is 0 Å². The van der Waals surface area contributed by atoms with E-state index in [4.69, 9.17) is 16.3 Å². The molecule has 0 radical (unpaired) electrons. The monoisotopic (exact) mass is 446 g/mol. The zero-order chi connectivity index (χ0) is 22.0. The number of hydrogen-bond donors (Lipinski definition) is 1. The molecule has 166 valence electrons. The van der Waals surface area contributed by atoms with E-state index in [-0.39, 0.29) is 0 Å². The van der Waals surface area contributed by atoms with Crippen molar-refractivity contribution in [2.24, 2.45) is 0 Å². The van der Waals surface area contributed by atoms with Gasteiger partial charge in [-0.2, -0.15) is 0 Å². The van der Waals surface area contributed by atoms with Crippen LogP contribution in [0.2, 0.25) is 0 Å². The summed E-state index contributed by atoms with van der Waals surface area (Å²) in [5.74, 6) is 0.902. The Balaban J connectivity index is 1.41. The van der Waals surface area contributed by atoms with Crippen LogP contribution in [0.1, 0.15) is 29.5 Å². The van der Waals surface area contributed by atoms with Crippen molar-refractivity contribution < 1.29 is 4.74 Å². The Hall–Kier alpha value is -2.59. The van der Waals surface area contributed by atoms with Gasteiger partial charge in [0.25, 0.3) is 0 Å². The molecule has 1 aliphatic rings. The lowest BCUT2D eigenvalue weighted by Crippen LogP contribution is -2.43. The van der Waals surface area contributed by atoms with Gasteiger partial charge in [0.15, 0.2) is 0 Å². The fourth-order valence-electron chi connectivity index (χ4n) is 4.03. The Morgan fingerprint density at radius 1 is 0.750 bits per heavy atom. The van der Waals surface area contributed by atoms with Crippen LogP contribution in [0.5, 0.6) is 5.75 Å². The van der Waals surface area contributed by atoms with Crippen molar-refractivity contribution in [2.45, 2.75) is 12.8 Å². The topological polar surface area (TPSA) is 24.5 Å². The third kappa shape index (κ3) is 6.23. The summed E-state index contributed by atoms with van der Waals surface area (Å²) in [5.41, 5.74) is 4.22. The minimum Gasteiger partial charge on any atom is -0.494 e. The predicted octanol–water partition coefficient (Wildman–Crippen LogP) is 5.91. The average molecular weight is 447 g/mol. The van der Waals surface area contributed by atoms with Crippen LogP contribution in [0.15, 0.2) is 84.9 Å². The maximum Gasteiger partial charge on any atom is 0.119 e. The van der Waals surface area contributed by atoms with Gasteiger partial charge in [-0.05, 0) is 48.2 Å². The van der Waals surface area contributed by atoms with Gasteiger partial charge in [0, 0.05) is 31.8 Å². The summed E-state index contributed by atoms with van der Waals surface area (Å²) in [6, 6.07) is 28.7. The lowest BCUT2D eigenvalue weighted by Gasteiger charge is -2.26. The summed E-state index contributed by atoms with van der Waals surface area (Å²) in [4.78, 5) is 2.53. The highest BCUT2D eigenvalue weighted by Crippen LogP contribution is 2.35. The Labute approximate surface area is 196 Å². The molecule has 1 heterocycles. The lowest BCUT2D eigenvalue weighted by molar-refractivity contribution is 0.226. The van der Waals surface area contributed by atoms with Crippen LogP contribution < -0.4 is 10.1 Å². The molecular formula is C28H31ClN2O. The summed E-state index contributed by atoms with van der Waals surface area (Å²) in [6.07, 6.45) is 2.24. The molecule has 3 aromatic rings. The number of hydrogen-bond acceptors (Lipinski definition) is 3. The van der Waals surface area contributed by atoms with Crippen LogP contribution in [0.25, 0.3) is 10.6 Å². The fraction of sp³-hybridized carbons (Fsp3) is 0.286. The van der Waals surface area contributed by atoms with Crippen molar-refractivity contribution in [1.29, 1.82) is 0 Å². The summed E-state index contributed by atoms with van der Waals surface area (Å²) >= 11 is 6.90. The van der Waals surface area contributed by atoms with Crippen LogP contribution >= 0.6 is 11.6 Å². The number of unbranched alkanes of at least 4 members (excludes halogenated alkanes) is 1. The standard InChI is InChI=1S/C28H31ClN2O/c29-28(25-11-5-2-6-12-25)27(23-9-3-1-4-10-23)24-13-15-26(16-14-24)32-22-8-7-19-31-20-17-30-18-21-31/h1-6,9-16,30H,7-8,17-22H2. The van der Waals surface area contributed by atoms with E-state index in [2.05, 4.69) is 34.5 Å². The highest BCUT2D eigenvalue weighted by Gasteiger charge is 2.13. The third-order valence-electron chi connectivity index (χ3n) is 5.80. The zero-order valence-corrected chi connectivity index (χ0v) is 19.2. The van der Waals surface area contributed by atoms with Gasteiger partial charge < -0.3 is 15.0 Å². The number of nitrogens with zero attached hydrogens (tertiary/aromatic N) is 1. The van der Waals surface area contributed by atoms with Crippen molar-refractivity contribution in [2.75, 3.05) is 39.3 Å². The molecule has 3 aromatic carbocycles. The molecule has 4 heteroatoms. The lowest BCUT2D eigenvalue weighted by atomic mass is 9.95. The Kier molecular flexibility index (Phi) is 8.38. The van der Waals surface area contributed by atoms with E-state index < -0.39 is 0 Å². The van der Waals surface area contributed by atoms with E-state index in [1.165, 1.54) is 6.42 Å². The van der Waals surface area contributed by atoms with Crippen LogP contribution in [-0.2, 0) is 0 Å². The number of ether oxygens (including phenoxy) is 1. The number of halogens is 1. The maximum absolute atomic E-state index is 6.90. The molecule has 0 saturated carbocycles. The van der Waals surface area contributed by atoms with Gasteiger partial charge in [0.05, 0.1) is 11.6 Å². The fourth-order valence-corrected chi connectivity index (χ4v) is 4.38. The quantitative estimate of drug-likeness (QED) is 0.327. The van der Waals surface area contributed by atoms with Gasteiger partial charge >= 0.3 is 0 Å². The second-order valence-electron chi connectivity index (χ2n) is 8.09. The number of benzene rings is 3. The minimum absolute atomic E-state index is 0.748. The average Bonchev–Trinajstić information content (AvgIpc) is 2.87. The Morgan fingerprint density at radius 2 is 1.34 bits per heavy atom. The van der Waals surface area contributed by atoms with Crippen molar-refractivity contribution in [3.8, 4) is 5.75 Å².